The molecule has 0 bridgehead atoms. The fourth-order valence-corrected chi connectivity index (χ4v) is 5.94. The molecule has 0 unspecified atom stereocenters. The van der Waals surface area contributed by atoms with Crippen molar-refractivity contribution in [2.75, 3.05) is 29.9 Å². The SMILES string of the molecule is CC(=O)N1CCc2cc(S(=O)(=O)N3CCC(CC(=O)Nc4ccc(F)c(F)c4)CC3)ccc21. The normalized spacial score (nSPS) is 17.1. The zero-order valence-corrected chi connectivity index (χ0v) is 19.0. The molecule has 4 rings (SSSR count). The standard InChI is InChI=1S/C23H25F2N3O4S/c1-15(29)28-11-8-17-13-19(3-5-22(17)28)33(31,32)27-9-6-16(7-10-27)12-23(30)26-18-2-4-20(24)21(25)14-18/h2-5,13-14,16H,6-12H2,1H3,(H,26,30). The van der Waals surface area contributed by atoms with Crippen LogP contribution in [0.2, 0.25) is 0 Å². The molecule has 2 amide bonds. The van der Waals surface area contributed by atoms with Crippen LogP contribution in [0.5, 0.6) is 0 Å². The van der Waals surface area contributed by atoms with E-state index in [0.29, 0.717) is 38.9 Å². The molecule has 0 aromatic heterocycles. The molecule has 1 fully saturated rings. The Balaban J connectivity index is 1.35. The number of halogens is 2. The summed E-state index contributed by atoms with van der Waals surface area (Å²) in [6, 6.07) is 8.04. The highest BCUT2D eigenvalue weighted by atomic mass is 32.2. The number of amides is 2. The van der Waals surface area contributed by atoms with Gasteiger partial charge in [-0.25, -0.2) is 17.2 Å². The molecular weight excluding hydrogens is 452 g/mol. The van der Waals surface area contributed by atoms with Gasteiger partial charge in [0.1, 0.15) is 0 Å². The Morgan fingerprint density at radius 3 is 2.42 bits per heavy atom. The Bertz CT molecular complexity index is 1190. The summed E-state index contributed by atoms with van der Waals surface area (Å²) in [4.78, 5) is 25.8. The number of hydrogen-bond donors (Lipinski definition) is 1. The van der Waals surface area contributed by atoms with Crippen LogP contribution in [0.15, 0.2) is 41.3 Å². The summed E-state index contributed by atoms with van der Waals surface area (Å²) in [5.74, 6) is -2.42. The van der Waals surface area contributed by atoms with Gasteiger partial charge >= 0.3 is 0 Å². The molecule has 2 aliphatic rings. The minimum Gasteiger partial charge on any atom is -0.326 e. The van der Waals surface area contributed by atoms with Gasteiger partial charge in [-0.3, -0.25) is 9.59 Å². The largest absolute Gasteiger partial charge is 0.326 e. The monoisotopic (exact) mass is 477 g/mol. The van der Waals surface area contributed by atoms with Crippen LogP contribution in [0.4, 0.5) is 20.2 Å². The Morgan fingerprint density at radius 1 is 1.03 bits per heavy atom. The van der Waals surface area contributed by atoms with Crippen molar-refractivity contribution in [2.24, 2.45) is 5.92 Å². The highest BCUT2D eigenvalue weighted by Gasteiger charge is 2.32. The van der Waals surface area contributed by atoms with Crippen molar-refractivity contribution in [3.8, 4) is 0 Å². The molecule has 2 aromatic carbocycles. The highest BCUT2D eigenvalue weighted by molar-refractivity contribution is 7.89. The lowest BCUT2D eigenvalue weighted by molar-refractivity contribution is -0.117. The Labute approximate surface area is 191 Å². The van der Waals surface area contributed by atoms with Gasteiger partial charge in [0.25, 0.3) is 0 Å². The summed E-state index contributed by atoms with van der Waals surface area (Å²) in [6.45, 7) is 2.62. The molecular formula is C23H25F2N3O4S. The van der Waals surface area contributed by atoms with Gasteiger partial charge in [-0.2, -0.15) is 4.31 Å². The fraction of sp³-hybridized carbons (Fsp3) is 0.391. The third-order valence-electron chi connectivity index (χ3n) is 6.22. The second-order valence-electron chi connectivity index (χ2n) is 8.44. The van der Waals surface area contributed by atoms with Crippen LogP contribution in [-0.4, -0.2) is 44.2 Å². The number of nitrogens with zero attached hydrogens (tertiary/aromatic N) is 2. The average Bonchev–Trinajstić information content (AvgIpc) is 3.20. The van der Waals surface area contributed by atoms with E-state index < -0.39 is 21.7 Å². The summed E-state index contributed by atoms with van der Waals surface area (Å²) in [7, 11) is -3.68. The van der Waals surface area contributed by atoms with E-state index in [2.05, 4.69) is 5.32 Å². The maximum absolute atomic E-state index is 13.3. The smallest absolute Gasteiger partial charge is 0.243 e. The van der Waals surface area contributed by atoms with Gasteiger partial charge in [0.05, 0.1) is 4.90 Å². The van der Waals surface area contributed by atoms with Crippen molar-refractivity contribution in [1.82, 2.24) is 4.31 Å². The molecule has 2 aliphatic heterocycles. The van der Waals surface area contributed by atoms with Crippen LogP contribution in [-0.2, 0) is 26.0 Å². The van der Waals surface area contributed by atoms with Crippen molar-refractivity contribution in [2.45, 2.75) is 37.5 Å². The molecule has 2 heterocycles. The number of anilines is 2. The number of carbonyl (C=O) groups excluding carboxylic acids is 2. The average molecular weight is 478 g/mol. The van der Waals surface area contributed by atoms with E-state index in [9.17, 15) is 26.8 Å². The lowest BCUT2D eigenvalue weighted by Crippen LogP contribution is -2.39. The molecule has 0 aliphatic carbocycles. The Hall–Kier alpha value is -2.85. The quantitative estimate of drug-likeness (QED) is 0.716. The van der Waals surface area contributed by atoms with Crippen LogP contribution in [0.25, 0.3) is 0 Å². The van der Waals surface area contributed by atoms with E-state index in [4.69, 9.17) is 0 Å². The second kappa shape index (κ2) is 9.18. The van der Waals surface area contributed by atoms with E-state index in [0.717, 1.165) is 23.4 Å². The number of rotatable bonds is 5. The number of sulfonamides is 1. The lowest BCUT2D eigenvalue weighted by Gasteiger charge is -2.31. The van der Waals surface area contributed by atoms with Crippen LogP contribution >= 0.6 is 0 Å². The van der Waals surface area contributed by atoms with Crippen LogP contribution in [0.3, 0.4) is 0 Å². The number of benzene rings is 2. The van der Waals surface area contributed by atoms with Gasteiger partial charge in [0.2, 0.25) is 21.8 Å². The maximum atomic E-state index is 13.3. The summed E-state index contributed by atoms with van der Waals surface area (Å²) >= 11 is 0. The van der Waals surface area contributed by atoms with E-state index in [1.165, 1.54) is 23.4 Å². The zero-order chi connectivity index (χ0) is 23.8. The van der Waals surface area contributed by atoms with Crippen molar-refractivity contribution >= 4 is 33.2 Å². The van der Waals surface area contributed by atoms with Gasteiger partial charge in [-0.05, 0) is 61.1 Å². The van der Waals surface area contributed by atoms with Crippen molar-refractivity contribution in [3.63, 3.8) is 0 Å². The molecule has 1 N–H and O–H groups in total. The zero-order valence-electron chi connectivity index (χ0n) is 18.2. The van der Waals surface area contributed by atoms with Gasteiger partial charge in [0.15, 0.2) is 11.6 Å². The predicted molar refractivity (Wildman–Crippen MR) is 119 cm³/mol. The van der Waals surface area contributed by atoms with Crippen molar-refractivity contribution in [1.29, 1.82) is 0 Å². The summed E-state index contributed by atoms with van der Waals surface area (Å²) < 4.78 is 54.0. The third-order valence-corrected chi connectivity index (χ3v) is 8.11. The Morgan fingerprint density at radius 2 is 1.76 bits per heavy atom. The first-order valence-corrected chi connectivity index (χ1v) is 12.3. The van der Waals surface area contributed by atoms with Gasteiger partial charge < -0.3 is 10.2 Å². The van der Waals surface area contributed by atoms with Crippen molar-refractivity contribution < 1.29 is 26.8 Å². The predicted octanol–water partition coefficient (Wildman–Crippen LogP) is 3.30. The molecule has 0 radical (unpaired) electrons. The lowest BCUT2D eigenvalue weighted by atomic mass is 9.94. The fourth-order valence-electron chi connectivity index (χ4n) is 4.42. The van der Waals surface area contributed by atoms with Crippen LogP contribution in [0.1, 0.15) is 31.7 Å². The molecule has 1 saturated heterocycles. The molecule has 33 heavy (non-hydrogen) atoms. The second-order valence-corrected chi connectivity index (χ2v) is 10.4. The molecule has 0 atom stereocenters. The highest BCUT2D eigenvalue weighted by Crippen LogP contribution is 2.32. The Kier molecular flexibility index (Phi) is 6.49. The minimum absolute atomic E-state index is 0.00843. The first-order valence-electron chi connectivity index (χ1n) is 10.8. The molecule has 2 aromatic rings. The molecule has 0 saturated carbocycles. The molecule has 10 heteroatoms. The number of fused-ring (bicyclic) bond motifs is 1. The van der Waals surface area contributed by atoms with Crippen LogP contribution in [0, 0.1) is 17.6 Å². The summed E-state index contributed by atoms with van der Waals surface area (Å²) in [5, 5.41) is 2.55. The number of nitrogens with one attached hydrogen (secondary N) is 1. The van der Waals surface area contributed by atoms with Gasteiger partial charge in [-0.15, -0.1) is 0 Å². The van der Waals surface area contributed by atoms with E-state index in [1.807, 2.05) is 0 Å². The summed E-state index contributed by atoms with van der Waals surface area (Å²) in [6.07, 6.45) is 1.83. The van der Waals surface area contributed by atoms with E-state index in [-0.39, 0.29) is 34.7 Å². The van der Waals surface area contributed by atoms with Crippen LogP contribution < -0.4 is 10.2 Å². The summed E-state index contributed by atoms with van der Waals surface area (Å²) in [5.41, 5.74) is 1.78. The van der Waals surface area contributed by atoms with E-state index >= 15 is 0 Å². The van der Waals surface area contributed by atoms with Gasteiger partial charge in [0, 0.05) is 50.4 Å². The number of piperidine rings is 1. The van der Waals surface area contributed by atoms with Gasteiger partial charge in [-0.1, -0.05) is 0 Å². The topological polar surface area (TPSA) is 86.8 Å². The van der Waals surface area contributed by atoms with Crippen molar-refractivity contribution in [3.05, 3.63) is 53.6 Å². The minimum atomic E-state index is -3.68. The first kappa shape index (κ1) is 23.3. The number of carbonyl (C=O) groups is 2. The molecule has 7 nitrogen and oxygen atoms in total. The third kappa shape index (κ3) is 4.91. The van der Waals surface area contributed by atoms with E-state index in [1.54, 1.807) is 17.0 Å². The maximum Gasteiger partial charge on any atom is 0.243 e. The number of hydrogen-bond acceptors (Lipinski definition) is 4. The molecule has 176 valence electrons. The first-order chi connectivity index (χ1) is 15.6. The molecule has 0 spiro atoms.